The van der Waals surface area contributed by atoms with E-state index in [1.54, 1.807) is 0 Å². The van der Waals surface area contributed by atoms with Gasteiger partial charge >= 0.3 is 0 Å². The first-order chi connectivity index (χ1) is 8.52. The number of carbonyl (C=O) groups is 1. The number of hydrogen-bond acceptors (Lipinski definition) is 4. The van der Waals surface area contributed by atoms with Gasteiger partial charge in [0.15, 0.2) is 0 Å². The van der Waals surface area contributed by atoms with E-state index in [0.29, 0.717) is 25.6 Å². The van der Waals surface area contributed by atoms with E-state index in [0.717, 1.165) is 13.0 Å². The first kappa shape index (κ1) is 14.9. The topological polar surface area (TPSA) is 74.2 Å². The zero-order chi connectivity index (χ0) is 13.6. The Morgan fingerprint density at radius 1 is 1.56 bits per heavy atom. The lowest BCUT2D eigenvalue weighted by molar-refractivity contribution is -0.126. The fourth-order valence-electron chi connectivity index (χ4n) is 2.25. The Morgan fingerprint density at radius 2 is 2.28 bits per heavy atom. The summed E-state index contributed by atoms with van der Waals surface area (Å²) < 4.78 is 5.63. The molecule has 102 valence electrons. The summed E-state index contributed by atoms with van der Waals surface area (Å²) in [6, 6.07) is 2.31. The third-order valence-electron chi connectivity index (χ3n) is 3.61. The lowest BCUT2D eigenvalue weighted by Gasteiger charge is -2.51. The van der Waals surface area contributed by atoms with Crippen molar-refractivity contribution in [1.82, 2.24) is 10.6 Å². The molecule has 2 unspecified atom stereocenters. The standard InChI is InChI=1S/C13H23N3O2/c1-4-18-11-8-10(13(11,2)3)16-9-12(17)15-7-5-6-14/h10-11,16H,4-5,7-9H2,1-3H3,(H,15,17). The van der Waals surface area contributed by atoms with E-state index in [4.69, 9.17) is 10.00 Å². The van der Waals surface area contributed by atoms with Crippen molar-refractivity contribution >= 4 is 5.91 Å². The number of nitriles is 1. The highest BCUT2D eigenvalue weighted by atomic mass is 16.5. The van der Waals surface area contributed by atoms with Crippen LogP contribution in [0.1, 0.15) is 33.6 Å². The molecule has 0 aromatic carbocycles. The third kappa shape index (κ3) is 3.69. The Labute approximate surface area is 109 Å². The summed E-state index contributed by atoms with van der Waals surface area (Å²) in [6.45, 7) is 7.77. The van der Waals surface area contributed by atoms with Crippen LogP contribution >= 0.6 is 0 Å². The van der Waals surface area contributed by atoms with Crippen LogP contribution in [0.25, 0.3) is 0 Å². The molecule has 1 aliphatic rings. The molecule has 1 fully saturated rings. The molecule has 1 amide bonds. The average Bonchev–Trinajstić information content (AvgIpc) is 2.33. The molecule has 2 N–H and O–H groups in total. The maximum atomic E-state index is 11.5. The Morgan fingerprint density at radius 3 is 2.83 bits per heavy atom. The van der Waals surface area contributed by atoms with Gasteiger partial charge in [-0.25, -0.2) is 0 Å². The van der Waals surface area contributed by atoms with Gasteiger partial charge in [-0.05, 0) is 13.3 Å². The second-order valence-corrected chi connectivity index (χ2v) is 5.19. The molecule has 0 radical (unpaired) electrons. The molecule has 18 heavy (non-hydrogen) atoms. The number of hydrogen-bond donors (Lipinski definition) is 2. The molecule has 0 spiro atoms. The van der Waals surface area contributed by atoms with Crippen molar-refractivity contribution in [3.63, 3.8) is 0 Å². The van der Waals surface area contributed by atoms with Crippen LogP contribution in [-0.4, -0.2) is 37.7 Å². The minimum absolute atomic E-state index is 0.0547. The molecule has 0 aromatic rings. The number of ether oxygens (including phenoxy) is 1. The van der Waals surface area contributed by atoms with Gasteiger partial charge in [-0.2, -0.15) is 5.26 Å². The van der Waals surface area contributed by atoms with Gasteiger partial charge < -0.3 is 15.4 Å². The van der Waals surface area contributed by atoms with E-state index < -0.39 is 0 Å². The number of nitrogens with zero attached hydrogens (tertiary/aromatic N) is 1. The van der Waals surface area contributed by atoms with Gasteiger partial charge in [-0.1, -0.05) is 13.8 Å². The van der Waals surface area contributed by atoms with Crippen LogP contribution in [0.4, 0.5) is 0 Å². The predicted molar refractivity (Wildman–Crippen MR) is 68.8 cm³/mol. The monoisotopic (exact) mass is 253 g/mol. The number of amides is 1. The van der Waals surface area contributed by atoms with Crippen molar-refractivity contribution in [2.24, 2.45) is 5.41 Å². The van der Waals surface area contributed by atoms with E-state index in [1.807, 2.05) is 13.0 Å². The molecule has 1 saturated carbocycles. The highest BCUT2D eigenvalue weighted by Crippen LogP contribution is 2.42. The maximum absolute atomic E-state index is 11.5. The van der Waals surface area contributed by atoms with E-state index in [9.17, 15) is 4.79 Å². The first-order valence-corrected chi connectivity index (χ1v) is 6.51. The summed E-state index contributed by atoms with van der Waals surface area (Å²) in [4.78, 5) is 11.5. The largest absolute Gasteiger partial charge is 0.378 e. The molecule has 5 heteroatoms. The molecular weight excluding hydrogens is 230 g/mol. The van der Waals surface area contributed by atoms with Crippen molar-refractivity contribution in [3.05, 3.63) is 0 Å². The van der Waals surface area contributed by atoms with Crippen molar-refractivity contribution in [2.75, 3.05) is 19.7 Å². The number of nitrogens with one attached hydrogen (secondary N) is 2. The van der Waals surface area contributed by atoms with Crippen LogP contribution in [0.2, 0.25) is 0 Å². The second kappa shape index (κ2) is 6.72. The van der Waals surface area contributed by atoms with Gasteiger partial charge in [0.05, 0.1) is 25.1 Å². The van der Waals surface area contributed by atoms with Gasteiger partial charge in [0, 0.05) is 24.6 Å². The quantitative estimate of drug-likeness (QED) is 0.658. The Kier molecular flexibility index (Phi) is 5.57. The van der Waals surface area contributed by atoms with Gasteiger partial charge in [-0.15, -0.1) is 0 Å². The smallest absolute Gasteiger partial charge is 0.233 e. The Balaban J connectivity index is 2.21. The molecule has 0 aliphatic heterocycles. The molecule has 2 atom stereocenters. The average molecular weight is 253 g/mol. The van der Waals surface area contributed by atoms with Crippen LogP contribution in [-0.2, 0) is 9.53 Å². The SMILES string of the molecule is CCOC1CC(NCC(=O)NCCC#N)C1(C)C. The van der Waals surface area contributed by atoms with Crippen LogP contribution in [0.15, 0.2) is 0 Å². The number of carbonyl (C=O) groups excluding carboxylic acids is 1. The van der Waals surface area contributed by atoms with Crippen LogP contribution in [0, 0.1) is 16.7 Å². The highest BCUT2D eigenvalue weighted by Gasteiger charge is 2.48. The third-order valence-corrected chi connectivity index (χ3v) is 3.61. The lowest BCUT2D eigenvalue weighted by atomic mass is 9.64. The summed E-state index contributed by atoms with van der Waals surface area (Å²) in [5.74, 6) is -0.0547. The molecular formula is C13H23N3O2. The van der Waals surface area contributed by atoms with Gasteiger partial charge in [0.25, 0.3) is 0 Å². The molecule has 0 saturated heterocycles. The van der Waals surface area contributed by atoms with Crippen LogP contribution < -0.4 is 10.6 Å². The summed E-state index contributed by atoms with van der Waals surface area (Å²) >= 11 is 0. The van der Waals surface area contributed by atoms with E-state index >= 15 is 0 Å². The van der Waals surface area contributed by atoms with Gasteiger partial charge in [-0.3, -0.25) is 4.79 Å². The molecule has 1 aliphatic carbocycles. The van der Waals surface area contributed by atoms with Crippen molar-refractivity contribution in [2.45, 2.75) is 45.8 Å². The van der Waals surface area contributed by atoms with E-state index in [2.05, 4.69) is 24.5 Å². The predicted octanol–water partition coefficient (Wildman–Crippen LogP) is 0.809. The van der Waals surface area contributed by atoms with Gasteiger partial charge in [0.1, 0.15) is 0 Å². The van der Waals surface area contributed by atoms with E-state index in [-0.39, 0.29) is 17.4 Å². The van der Waals surface area contributed by atoms with Crippen molar-refractivity contribution in [3.8, 4) is 6.07 Å². The fourth-order valence-corrected chi connectivity index (χ4v) is 2.25. The normalized spacial score (nSPS) is 25.0. The zero-order valence-corrected chi connectivity index (χ0v) is 11.5. The fraction of sp³-hybridized carbons (Fsp3) is 0.846. The van der Waals surface area contributed by atoms with Gasteiger partial charge in [0.2, 0.25) is 5.91 Å². The Bertz CT molecular complexity index is 323. The van der Waals surface area contributed by atoms with Crippen molar-refractivity contribution in [1.29, 1.82) is 5.26 Å². The minimum atomic E-state index is -0.0547. The second-order valence-electron chi connectivity index (χ2n) is 5.19. The maximum Gasteiger partial charge on any atom is 0.233 e. The molecule has 5 nitrogen and oxygen atoms in total. The summed E-state index contributed by atoms with van der Waals surface area (Å²) in [5.41, 5.74) is 0.0724. The Hall–Kier alpha value is -1.12. The summed E-state index contributed by atoms with van der Waals surface area (Å²) in [6.07, 6.45) is 1.58. The highest BCUT2D eigenvalue weighted by molar-refractivity contribution is 5.78. The molecule has 0 aromatic heterocycles. The van der Waals surface area contributed by atoms with Crippen molar-refractivity contribution < 1.29 is 9.53 Å². The summed E-state index contributed by atoms with van der Waals surface area (Å²) in [5, 5.41) is 14.3. The summed E-state index contributed by atoms with van der Waals surface area (Å²) in [7, 11) is 0. The minimum Gasteiger partial charge on any atom is -0.378 e. The van der Waals surface area contributed by atoms with Crippen LogP contribution in [0.3, 0.4) is 0 Å². The lowest BCUT2D eigenvalue weighted by Crippen LogP contribution is -2.62. The molecule has 0 heterocycles. The van der Waals surface area contributed by atoms with Crippen LogP contribution in [0.5, 0.6) is 0 Å². The molecule has 1 rings (SSSR count). The first-order valence-electron chi connectivity index (χ1n) is 6.51. The zero-order valence-electron chi connectivity index (χ0n) is 11.5. The van der Waals surface area contributed by atoms with E-state index in [1.165, 1.54) is 0 Å². The number of rotatable bonds is 7. The molecule has 0 bridgehead atoms.